The lowest BCUT2D eigenvalue weighted by atomic mass is 10.1. The summed E-state index contributed by atoms with van der Waals surface area (Å²) in [6.45, 7) is 4.29. The van der Waals surface area contributed by atoms with Gasteiger partial charge in [-0.15, -0.1) is 0 Å². The molecule has 1 fully saturated rings. The highest BCUT2D eigenvalue weighted by Crippen LogP contribution is 2.22. The highest BCUT2D eigenvalue weighted by molar-refractivity contribution is 5.84. The van der Waals surface area contributed by atoms with E-state index in [-0.39, 0.29) is 24.4 Å². The number of aryl methyl sites for hydroxylation is 1. The van der Waals surface area contributed by atoms with E-state index in [1.807, 2.05) is 25.1 Å². The van der Waals surface area contributed by atoms with Gasteiger partial charge in [0.05, 0.1) is 6.54 Å². The maximum absolute atomic E-state index is 12.2. The normalized spacial score (nSPS) is 15.7. The lowest BCUT2D eigenvalue weighted by Gasteiger charge is -2.29. The Bertz CT molecular complexity index is 534. The van der Waals surface area contributed by atoms with Crippen molar-refractivity contribution in [1.29, 1.82) is 0 Å². The van der Waals surface area contributed by atoms with Crippen molar-refractivity contribution >= 4 is 11.8 Å². The van der Waals surface area contributed by atoms with Crippen LogP contribution in [0.3, 0.4) is 0 Å². The second-order valence-electron chi connectivity index (χ2n) is 6.56. The molecule has 0 saturated heterocycles. The van der Waals surface area contributed by atoms with Crippen molar-refractivity contribution in [2.75, 3.05) is 6.54 Å². The van der Waals surface area contributed by atoms with Crippen molar-refractivity contribution < 1.29 is 9.59 Å². The van der Waals surface area contributed by atoms with Crippen LogP contribution in [-0.4, -0.2) is 29.3 Å². The molecule has 1 aromatic rings. The molecule has 0 radical (unpaired) electrons. The zero-order chi connectivity index (χ0) is 16.7. The van der Waals surface area contributed by atoms with Crippen molar-refractivity contribution in [2.24, 2.45) is 0 Å². The third-order valence-corrected chi connectivity index (χ3v) is 4.56. The number of nitrogens with one attached hydrogen (secondary N) is 1. The number of rotatable bonds is 5. The third-order valence-electron chi connectivity index (χ3n) is 4.56. The number of amides is 2. The van der Waals surface area contributed by atoms with Crippen LogP contribution in [0, 0.1) is 6.92 Å². The van der Waals surface area contributed by atoms with E-state index in [0.29, 0.717) is 6.54 Å². The van der Waals surface area contributed by atoms with Crippen LogP contribution in [-0.2, 0) is 16.1 Å². The van der Waals surface area contributed by atoms with Gasteiger partial charge in [0.1, 0.15) is 0 Å². The molecule has 1 aliphatic rings. The fourth-order valence-electron chi connectivity index (χ4n) is 3.30. The SMILES string of the molecule is CC(=O)N(CC(=O)NCc1cccc(C)c1)C1CCCCCC1. The van der Waals surface area contributed by atoms with Crippen molar-refractivity contribution in [3.05, 3.63) is 35.4 Å². The zero-order valence-electron chi connectivity index (χ0n) is 14.3. The van der Waals surface area contributed by atoms with E-state index in [9.17, 15) is 9.59 Å². The first-order chi connectivity index (χ1) is 11.1. The van der Waals surface area contributed by atoms with Crippen LogP contribution in [0.5, 0.6) is 0 Å². The highest BCUT2D eigenvalue weighted by Gasteiger charge is 2.24. The Hall–Kier alpha value is -1.84. The predicted molar refractivity (Wildman–Crippen MR) is 91.9 cm³/mol. The maximum Gasteiger partial charge on any atom is 0.239 e. The van der Waals surface area contributed by atoms with Gasteiger partial charge in [0.2, 0.25) is 11.8 Å². The Labute approximate surface area is 139 Å². The summed E-state index contributed by atoms with van der Waals surface area (Å²) < 4.78 is 0. The van der Waals surface area contributed by atoms with E-state index in [1.54, 1.807) is 11.8 Å². The molecule has 1 saturated carbocycles. The second-order valence-corrected chi connectivity index (χ2v) is 6.56. The smallest absolute Gasteiger partial charge is 0.239 e. The Morgan fingerprint density at radius 1 is 1.17 bits per heavy atom. The first-order valence-electron chi connectivity index (χ1n) is 8.65. The fraction of sp³-hybridized carbons (Fsp3) is 0.579. The number of hydrogen-bond donors (Lipinski definition) is 1. The van der Waals surface area contributed by atoms with E-state index >= 15 is 0 Å². The van der Waals surface area contributed by atoms with E-state index in [0.717, 1.165) is 31.2 Å². The van der Waals surface area contributed by atoms with Crippen LogP contribution < -0.4 is 5.32 Å². The minimum atomic E-state index is -0.0778. The fourth-order valence-corrected chi connectivity index (χ4v) is 3.30. The maximum atomic E-state index is 12.2. The third kappa shape index (κ3) is 5.70. The molecule has 1 N–H and O–H groups in total. The topological polar surface area (TPSA) is 49.4 Å². The molecule has 0 spiro atoms. The Kier molecular flexibility index (Phi) is 6.63. The minimum Gasteiger partial charge on any atom is -0.350 e. The molecule has 4 heteroatoms. The van der Waals surface area contributed by atoms with E-state index in [2.05, 4.69) is 11.4 Å². The summed E-state index contributed by atoms with van der Waals surface area (Å²) in [4.78, 5) is 26.0. The van der Waals surface area contributed by atoms with Gasteiger partial charge in [-0.25, -0.2) is 0 Å². The molecule has 0 aromatic heterocycles. The summed E-state index contributed by atoms with van der Waals surface area (Å²) in [7, 11) is 0. The van der Waals surface area contributed by atoms with Crippen LogP contribution in [0.4, 0.5) is 0 Å². The molecular formula is C19H28N2O2. The van der Waals surface area contributed by atoms with Crippen LogP contribution >= 0.6 is 0 Å². The number of carbonyl (C=O) groups excluding carboxylic acids is 2. The van der Waals surface area contributed by atoms with E-state index in [1.165, 1.54) is 18.4 Å². The average molecular weight is 316 g/mol. The van der Waals surface area contributed by atoms with Gasteiger partial charge in [-0.05, 0) is 25.3 Å². The largest absolute Gasteiger partial charge is 0.350 e. The molecule has 1 aliphatic carbocycles. The molecule has 1 aromatic carbocycles. The van der Waals surface area contributed by atoms with Gasteiger partial charge in [-0.1, -0.05) is 55.5 Å². The monoisotopic (exact) mass is 316 g/mol. The van der Waals surface area contributed by atoms with Gasteiger partial charge in [-0.3, -0.25) is 9.59 Å². The molecule has 4 nitrogen and oxygen atoms in total. The minimum absolute atomic E-state index is 0.00241. The summed E-state index contributed by atoms with van der Waals surface area (Å²) in [6, 6.07) is 8.31. The van der Waals surface area contributed by atoms with Gasteiger partial charge in [0.25, 0.3) is 0 Å². The Balaban J connectivity index is 1.88. The van der Waals surface area contributed by atoms with Crippen molar-refractivity contribution in [1.82, 2.24) is 10.2 Å². The van der Waals surface area contributed by atoms with E-state index in [4.69, 9.17) is 0 Å². The molecule has 126 valence electrons. The number of carbonyl (C=O) groups is 2. The lowest BCUT2D eigenvalue weighted by molar-refractivity contribution is -0.136. The van der Waals surface area contributed by atoms with Crippen molar-refractivity contribution in [3.63, 3.8) is 0 Å². The number of hydrogen-bond acceptors (Lipinski definition) is 2. The van der Waals surface area contributed by atoms with Crippen molar-refractivity contribution in [2.45, 2.75) is 65.0 Å². The van der Waals surface area contributed by atoms with Crippen LogP contribution in [0.15, 0.2) is 24.3 Å². The average Bonchev–Trinajstić information content (AvgIpc) is 2.79. The molecule has 0 heterocycles. The number of benzene rings is 1. The first kappa shape index (κ1) is 17.5. The molecule has 0 atom stereocenters. The standard InChI is InChI=1S/C19H28N2O2/c1-15-8-7-9-17(12-15)13-20-19(23)14-21(16(2)22)18-10-5-3-4-6-11-18/h7-9,12,18H,3-6,10-11,13-14H2,1-2H3,(H,20,23). The molecule has 2 amide bonds. The van der Waals surface area contributed by atoms with Gasteiger partial charge in [-0.2, -0.15) is 0 Å². The van der Waals surface area contributed by atoms with Gasteiger partial charge >= 0.3 is 0 Å². The van der Waals surface area contributed by atoms with Gasteiger partial charge in [0.15, 0.2) is 0 Å². The Morgan fingerprint density at radius 2 is 1.87 bits per heavy atom. The summed E-state index contributed by atoms with van der Waals surface area (Å²) in [5.74, 6) is -0.0754. The predicted octanol–water partition coefficient (Wildman–Crippen LogP) is 3.18. The van der Waals surface area contributed by atoms with Gasteiger partial charge < -0.3 is 10.2 Å². The van der Waals surface area contributed by atoms with Crippen molar-refractivity contribution in [3.8, 4) is 0 Å². The van der Waals surface area contributed by atoms with Gasteiger partial charge in [0, 0.05) is 19.5 Å². The second kappa shape index (κ2) is 8.70. The Morgan fingerprint density at radius 3 is 2.48 bits per heavy atom. The summed E-state index contributed by atoms with van der Waals surface area (Å²) in [6.07, 6.45) is 6.82. The molecule has 0 aliphatic heterocycles. The van der Waals surface area contributed by atoms with E-state index < -0.39 is 0 Å². The number of nitrogens with zero attached hydrogens (tertiary/aromatic N) is 1. The highest BCUT2D eigenvalue weighted by atomic mass is 16.2. The van der Waals surface area contributed by atoms with Crippen LogP contribution in [0.1, 0.15) is 56.6 Å². The van der Waals surface area contributed by atoms with Crippen LogP contribution in [0.25, 0.3) is 0 Å². The zero-order valence-corrected chi connectivity index (χ0v) is 14.3. The molecule has 0 unspecified atom stereocenters. The quantitative estimate of drug-likeness (QED) is 0.848. The molecule has 23 heavy (non-hydrogen) atoms. The van der Waals surface area contributed by atoms with Crippen LogP contribution in [0.2, 0.25) is 0 Å². The lowest BCUT2D eigenvalue weighted by Crippen LogP contribution is -2.45. The summed E-state index contributed by atoms with van der Waals surface area (Å²) in [5, 5.41) is 2.93. The first-order valence-corrected chi connectivity index (χ1v) is 8.65. The summed E-state index contributed by atoms with van der Waals surface area (Å²) >= 11 is 0. The molecular weight excluding hydrogens is 288 g/mol. The molecule has 0 bridgehead atoms. The summed E-state index contributed by atoms with van der Waals surface area (Å²) in [5.41, 5.74) is 2.27. The molecule has 2 rings (SSSR count).